The van der Waals surface area contributed by atoms with Crippen molar-refractivity contribution in [2.45, 2.75) is 39.0 Å². The summed E-state index contributed by atoms with van der Waals surface area (Å²) in [5.41, 5.74) is 5.72. The maximum absolute atomic E-state index is 12.1. The van der Waals surface area contributed by atoms with E-state index in [0.29, 0.717) is 17.9 Å². The van der Waals surface area contributed by atoms with Crippen molar-refractivity contribution < 1.29 is 4.79 Å². The van der Waals surface area contributed by atoms with E-state index in [4.69, 9.17) is 11.6 Å². The van der Waals surface area contributed by atoms with Crippen molar-refractivity contribution in [3.8, 4) is 11.1 Å². The van der Waals surface area contributed by atoms with Crippen molar-refractivity contribution in [3.63, 3.8) is 0 Å². The Morgan fingerprint density at radius 1 is 0.857 bits per heavy atom. The van der Waals surface area contributed by atoms with Gasteiger partial charge in [-0.3, -0.25) is 4.79 Å². The first-order chi connectivity index (χ1) is 13.6. The molecule has 0 saturated heterocycles. The predicted molar refractivity (Wildman–Crippen MR) is 119 cm³/mol. The first-order valence-corrected chi connectivity index (χ1v) is 10.3. The van der Waals surface area contributed by atoms with Crippen LogP contribution in [0.25, 0.3) is 11.1 Å². The average Bonchev–Trinajstić information content (AvgIpc) is 2.71. The highest BCUT2D eigenvalue weighted by Gasteiger charge is 2.05. The number of amides is 1. The standard InChI is InChI=1S/C25H26ClNO/c1-2-3-5-19-8-13-21(14-9-19)22-15-10-20(11-16-22)12-17-25(28)27-24-7-4-6-23(26)18-24/h4,6-11,13-16,18H,2-3,5,12,17H2,1H3,(H,27,28). The van der Waals surface area contributed by atoms with E-state index in [-0.39, 0.29) is 5.91 Å². The van der Waals surface area contributed by atoms with Gasteiger partial charge in [-0.2, -0.15) is 0 Å². The summed E-state index contributed by atoms with van der Waals surface area (Å²) in [6.07, 6.45) is 4.76. The van der Waals surface area contributed by atoms with Crippen LogP contribution in [0.3, 0.4) is 0 Å². The number of carbonyl (C=O) groups is 1. The monoisotopic (exact) mass is 391 g/mol. The van der Waals surface area contributed by atoms with Gasteiger partial charge in [0.15, 0.2) is 0 Å². The molecule has 1 amide bonds. The molecule has 1 N–H and O–H groups in total. The molecular weight excluding hydrogens is 366 g/mol. The topological polar surface area (TPSA) is 29.1 Å². The van der Waals surface area contributed by atoms with Gasteiger partial charge in [0.25, 0.3) is 0 Å². The van der Waals surface area contributed by atoms with Crippen LogP contribution in [0.15, 0.2) is 72.8 Å². The third kappa shape index (κ3) is 5.97. The van der Waals surface area contributed by atoms with Gasteiger partial charge in [0, 0.05) is 17.1 Å². The molecule has 2 nitrogen and oxygen atoms in total. The molecule has 0 saturated carbocycles. The number of anilines is 1. The van der Waals surface area contributed by atoms with Gasteiger partial charge in [0.2, 0.25) is 5.91 Å². The van der Waals surface area contributed by atoms with Crippen molar-refractivity contribution in [1.82, 2.24) is 0 Å². The highest BCUT2D eigenvalue weighted by molar-refractivity contribution is 6.30. The van der Waals surface area contributed by atoms with Crippen LogP contribution in [-0.2, 0) is 17.6 Å². The van der Waals surface area contributed by atoms with Crippen LogP contribution >= 0.6 is 11.6 Å². The van der Waals surface area contributed by atoms with Crippen molar-refractivity contribution in [1.29, 1.82) is 0 Å². The molecule has 0 bridgehead atoms. The van der Waals surface area contributed by atoms with Gasteiger partial charge in [-0.15, -0.1) is 0 Å². The predicted octanol–water partition coefficient (Wildman–Crippen LogP) is 6.92. The summed E-state index contributed by atoms with van der Waals surface area (Å²) >= 11 is 5.95. The Morgan fingerprint density at radius 3 is 2.04 bits per heavy atom. The van der Waals surface area contributed by atoms with Crippen LogP contribution in [0.2, 0.25) is 5.02 Å². The Labute approximate surface area is 172 Å². The van der Waals surface area contributed by atoms with E-state index in [1.54, 1.807) is 12.1 Å². The molecule has 3 rings (SSSR count). The van der Waals surface area contributed by atoms with Gasteiger partial charge in [-0.05, 0) is 59.7 Å². The Bertz CT molecular complexity index is 901. The van der Waals surface area contributed by atoms with Crippen molar-refractivity contribution >= 4 is 23.2 Å². The number of rotatable bonds is 8. The number of nitrogens with one attached hydrogen (secondary N) is 1. The van der Waals surface area contributed by atoms with E-state index >= 15 is 0 Å². The van der Waals surface area contributed by atoms with E-state index in [0.717, 1.165) is 17.7 Å². The maximum atomic E-state index is 12.1. The quantitative estimate of drug-likeness (QED) is 0.443. The number of hydrogen-bond acceptors (Lipinski definition) is 1. The highest BCUT2D eigenvalue weighted by atomic mass is 35.5. The zero-order valence-electron chi connectivity index (χ0n) is 16.2. The van der Waals surface area contributed by atoms with E-state index in [1.165, 1.54) is 29.5 Å². The van der Waals surface area contributed by atoms with E-state index in [2.05, 4.69) is 60.8 Å². The minimum atomic E-state index is -0.00555. The van der Waals surface area contributed by atoms with Crippen molar-refractivity contribution in [3.05, 3.63) is 88.9 Å². The Balaban J connectivity index is 1.53. The fraction of sp³-hybridized carbons (Fsp3) is 0.240. The lowest BCUT2D eigenvalue weighted by molar-refractivity contribution is -0.116. The minimum absolute atomic E-state index is 0.00555. The number of hydrogen-bond donors (Lipinski definition) is 1. The molecule has 0 radical (unpaired) electrons. The molecule has 144 valence electrons. The lowest BCUT2D eigenvalue weighted by Crippen LogP contribution is -2.12. The number of carbonyl (C=O) groups excluding carboxylic acids is 1. The molecule has 0 atom stereocenters. The second kappa shape index (κ2) is 10.1. The molecule has 0 unspecified atom stereocenters. The molecule has 0 aliphatic carbocycles. The molecule has 0 fully saturated rings. The molecule has 3 aromatic rings. The summed E-state index contributed by atoms with van der Waals surface area (Å²) in [5, 5.41) is 3.50. The molecule has 28 heavy (non-hydrogen) atoms. The van der Waals surface area contributed by atoms with Gasteiger partial charge >= 0.3 is 0 Å². The van der Waals surface area contributed by atoms with Crippen LogP contribution in [-0.4, -0.2) is 5.91 Å². The van der Waals surface area contributed by atoms with Gasteiger partial charge in [-0.1, -0.05) is 79.5 Å². The number of unbranched alkanes of at least 4 members (excludes halogenated alkanes) is 1. The SMILES string of the molecule is CCCCc1ccc(-c2ccc(CCC(=O)Nc3cccc(Cl)c3)cc2)cc1. The normalized spacial score (nSPS) is 10.6. The fourth-order valence-electron chi connectivity index (χ4n) is 3.16. The smallest absolute Gasteiger partial charge is 0.224 e. The fourth-order valence-corrected chi connectivity index (χ4v) is 3.35. The minimum Gasteiger partial charge on any atom is -0.326 e. The average molecular weight is 392 g/mol. The lowest BCUT2D eigenvalue weighted by atomic mass is 10.00. The second-order valence-electron chi connectivity index (χ2n) is 7.06. The summed E-state index contributed by atoms with van der Waals surface area (Å²) in [4.78, 5) is 12.1. The Morgan fingerprint density at radius 2 is 1.46 bits per heavy atom. The van der Waals surface area contributed by atoms with Gasteiger partial charge in [0.05, 0.1) is 0 Å². The number of benzene rings is 3. The first kappa shape index (κ1) is 20.2. The molecule has 3 heteroatoms. The molecule has 0 aliphatic rings. The molecule has 3 aromatic carbocycles. The molecule has 0 spiro atoms. The summed E-state index contributed by atoms with van der Waals surface area (Å²) in [5.74, 6) is -0.00555. The third-order valence-electron chi connectivity index (χ3n) is 4.81. The van der Waals surface area contributed by atoms with Gasteiger partial charge in [-0.25, -0.2) is 0 Å². The van der Waals surface area contributed by atoms with Gasteiger partial charge in [0.1, 0.15) is 0 Å². The second-order valence-corrected chi connectivity index (χ2v) is 7.49. The Hall–Kier alpha value is -2.58. The molecular formula is C25H26ClNO. The zero-order chi connectivity index (χ0) is 19.8. The van der Waals surface area contributed by atoms with Crippen LogP contribution in [0.4, 0.5) is 5.69 Å². The lowest BCUT2D eigenvalue weighted by Gasteiger charge is -2.07. The largest absolute Gasteiger partial charge is 0.326 e. The third-order valence-corrected chi connectivity index (χ3v) is 5.04. The first-order valence-electron chi connectivity index (χ1n) is 9.87. The number of halogens is 1. The zero-order valence-corrected chi connectivity index (χ0v) is 17.0. The summed E-state index contributed by atoms with van der Waals surface area (Å²) in [7, 11) is 0. The van der Waals surface area contributed by atoms with Crippen molar-refractivity contribution in [2.24, 2.45) is 0 Å². The van der Waals surface area contributed by atoms with Crippen LogP contribution in [0, 0.1) is 0 Å². The van der Waals surface area contributed by atoms with E-state index in [1.807, 2.05) is 12.1 Å². The van der Waals surface area contributed by atoms with Crippen LogP contribution < -0.4 is 5.32 Å². The molecule has 0 aliphatic heterocycles. The van der Waals surface area contributed by atoms with E-state index < -0.39 is 0 Å². The molecule has 0 aromatic heterocycles. The van der Waals surface area contributed by atoms with Gasteiger partial charge < -0.3 is 5.32 Å². The van der Waals surface area contributed by atoms with Crippen molar-refractivity contribution in [2.75, 3.05) is 5.32 Å². The highest BCUT2D eigenvalue weighted by Crippen LogP contribution is 2.22. The maximum Gasteiger partial charge on any atom is 0.224 e. The van der Waals surface area contributed by atoms with E-state index in [9.17, 15) is 4.79 Å². The molecule has 0 heterocycles. The summed E-state index contributed by atoms with van der Waals surface area (Å²) in [6, 6.07) is 24.5. The van der Waals surface area contributed by atoms with Crippen LogP contribution in [0.5, 0.6) is 0 Å². The summed E-state index contributed by atoms with van der Waals surface area (Å²) in [6.45, 7) is 2.22. The summed E-state index contributed by atoms with van der Waals surface area (Å²) < 4.78 is 0. The van der Waals surface area contributed by atoms with Crippen LogP contribution in [0.1, 0.15) is 37.3 Å². The number of aryl methyl sites for hydroxylation is 2. The Kier molecular flexibility index (Phi) is 7.27.